The lowest BCUT2D eigenvalue weighted by molar-refractivity contribution is -0.552. The number of aliphatic imine (C=N–C) groups is 1. The van der Waals surface area contributed by atoms with Gasteiger partial charge in [-0.2, -0.15) is 4.57 Å². The second-order valence-corrected chi connectivity index (χ2v) is 14.2. The average molecular weight is 686 g/mol. The Hall–Kier alpha value is -4.78. The molecule has 0 saturated heterocycles. The summed E-state index contributed by atoms with van der Waals surface area (Å²) < 4.78 is 1.68. The van der Waals surface area contributed by atoms with Gasteiger partial charge in [-0.25, -0.2) is 9.78 Å². The van der Waals surface area contributed by atoms with Crippen molar-refractivity contribution in [3.63, 3.8) is 0 Å². The lowest BCUT2D eigenvalue weighted by Crippen LogP contribution is -2.44. The van der Waals surface area contributed by atoms with Gasteiger partial charge in [-0.3, -0.25) is 10.3 Å². The molecule has 0 radical (unpaired) electrons. The summed E-state index contributed by atoms with van der Waals surface area (Å²) >= 11 is 0. The molecule has 1 aromatic heterocycles. The molecule has 7 nitrogen and oxygen atoms in total. The maximum atomic E-state index is 13.8. The van der Waals surface area contributed by atoms with E-state index in [-0.39, 0.29) is 17.4 Å². The summed E-state index contributed by atoms with van der Waals surface area (Å²) in [6.45, 7) is 2.28. The number of carbonyl (C=O) groups is 1. The average Bonchev–Trinajstić information content (AvgIpc) is 3.44. The number of aromatic hydroxyl groups is 2. The number of nitrogens with one attached hydrogen (secondary N) is 1. The quantitative estimate of drug-likeness (QED) is 0.0716. The van der Waals surface area contributed by atoms with Crippen LogP contribution in [0.3, 0.4) is 0 Å². The van der Waals surface area contributed by atoms with Crippen LogP contribution in [0, 0.1) is 5.92 Å². The minimum atomic E-state index is -0.433. The number of unbranched alkanes of at least 4 members (excludes halogenated alkanes) is 10. The van der Waals surface area contributed by atoms with Crippen molar-refractivity contribution in [2.75, 3.05) is 12.4 Å². The van der Waals surface area contributed by atoms with Crippen molar-refractivity contribution in [2.45, 2.75) is 103 Å². The van der Waals surface area contributed by atoms with Gasteiger partial charge in [0.2, 0.25) is 0 Å². The fourth-order valence-electron chi connectivity index (χ4n) is 7.42. The van der Waals surface area contributed by atoms with Crippen LogP contribution in [0.4, 0.5) is 5.82 Å². The standard InChI is InChI=1S/C44H52N4O3/c1-3-4-5-6-7-8-9-10-11-12-13-14-35-29-38(42(35)45-2)33-19-15-31(16-20-33)28-40-44(51)48-30-41(34-21-25-37(50)26-22-34)46-39(43(48)47-40)27-32-17-23-36(49)24-18-32/h15-26,29-30,35,40,49-50H,3-14,27-28H2,1-2H3/p+1. The Morgan fingerprint density at radius 3 is 1.94 bits per heavy atom. The van der Waals surface area contributed by atoms with E-state index in [1.807, 2.05) is 19.2 Å². The maximum absolute atomic E-state index is 13.8. The van der Waals surface area contributed by atoms with Crippen LogP contribution in [-0.2, 0) is 12.8 Å². The number of benzene rings is 3. The smallest absolute Gasteiger partial charge is 0.359 e. The third-order valence-electron chi connectivity index (χ3n) is 10.4. The number of phenolic OH excluding ortho intramolecular Hbond substituents is 2. The normalized spacial score (nSPS) is 17.3. The summed E-state index contributed by atoms with van der Waals surface area (Å²) in [5.74, 6) is 1.48. The number of phenols is 2. The summed E-state index contributed by atoms with van der Waals surface area (Å²) in [5, 5.41) is 23.1. The van der Waals surface area contributed by atoms with Crippen LogP contribution in [0.1, 0.15) is 111 Å². The van der Waals surface area contributed by atoms with E-state index < -0.39 is 6.04 Å². The topological polar surface area (TPSA) is 98.7 Å². The van der Waals surface area contributed by atoms with Gasteiger partial charge < -0.3 is 10.2 Å². The lowest BCUT2D eigenvalue weighted by atomic mass is 9.77. The Morgan fingerprint density at radius 1 is 0.745 bits per heavy atom. The molecule has 1 aliphatic heterocycles. The van der Waals surface area contributed by atoms with Crippen LogP contribution in [0.5, 0.6) is 11.5 Å². The molecule has 2 aliphatic rings. The highest BCUT2D eigenvalue weighted by atomic mass is 16.3. The van der Waals surface area contributed by atoms with Gasteiger partial charge in [-0.1, -0.05) is 120 Å². The summed E-state index contributed by atoms with van der Waals surface area (Å²) in [6, 6.07) is 22.0. The Bertz CT molecular complexity index is 1830. The highest BCUT2D eigenvalue weighted by Gasteiger charge is 2.41. The zero-order valence-corrected chi connectivity index (χ0v) is 30.3. The molecule has 51 heavy (non-hydrogen) atoms. The minimum absolute atomic E-state index is 0.0317. The van der Waals surface area contributed by atoms with Crippen LogP contribution >= 0.6 is 0 Å². The van der Waals surface area contributed by atoms with Gasteiger partial charge in [0.05, 0.1) is 0 Å². The Kier molecular flexibility index (Phi) is 12.3. The van der Waals surface area contributed by atoms with E-state index in [0.717, 1.165) is 22.4 Å². The van der Waals surface area contributed by atoms with Crippen LogP contribution in [0.25, 0.3) is 16.8 Å². The molecule has 2 unspecified atom stereocenters. The predicted octanol–water partition coefficient (Wildman–Crippen LogP) is 9.50. The molecule has 266 valence electrons. The first kappa shape index (κ1) is 36.0. The SMILES string of the molecule is CCCCCCCCCCCCCC1C=C(c2ccc(CC3Nc4c(Cc5ccc(O)cc5)nc(-c5ccc(O)cc5)c[n+]4C3=O)cc2)C1=NC. The molecule has 2 heterocycles. The van der Waals surface area contributed by atoms with Gasteiger partial charge in [-0.15, -0.1) is 0 Å². The largest absolute Gasteiger partial charge is 0.508 e. The highest BCUT2D eigenvalue weighted by Crippen LogP contribution is 2.35. The van der Waals surface area contributed by atoms with Gasteiger partial charge >= 0.3 is 11.7 Å². The molecule has 3 N–H and O–H groups in total. The zero-order chi connectivity index (χ0) is 35.6. The van der Waals surface area contributed by atoms with E-state index in [1.165, 1.54) is 93.9 Å². The van der Waals surface area contributed by atoms with E-state index in [1.54, 1.807) is 47.2 Å². The Balaban J connectivity index is 1.05. The number of nitrogens with zero attached hydrogens (tertiary/aromatic N) is 3. The van der Waals surface area contributed by atoms with Gasteiger partial charge in [0.25, 0.3) is 0 Å². The van der Waals surface area contributed by atoms with Crippen LogP contribution in [-0.4, -0.2) is 39.9 Å². The molecule has 0 fully saturated rings. The molecule has 6 rings (SSSR count). The zero-order valence-electron chi connectivity index (χ0n) is 30.3. The van der Waals surface area contributed by atoms with E-state index in [2.05, 4.69) is 47.6 Å². The fraction of sp³-hybridized carbons (Fsp3) is 0.409. The van der Waals surface area contributed by atoms with E-state index >= 15 is 0 Å². The van der Waals surface area contributed by atoms with Gasteiger partial charge in [0.15, 0.2) is 6.04 Å². The van der Waals surface area contributed by atoms with Crippen molar-refractivity contribution in [1.82, 2.24) is 4.98 Å². The minimum Gasteiger partial charge on any atom is -0.508 e. The van der Waals surface area contributed by atoms with E-state index in [0.29, 0.717) is 30.3 Å². The lowest BCUT2D eigenvalue weighted by Gasteiger charge is -2.28. The van der Waals surface area contributed by atoms with Crippen molar-refractivity contribution in [3.05, 3.63) is 107 Å². The maximum Gasteiger partial charge on any atom is 0.359 e. The first-order chi connectivity index (χ1) is 24.9. The van der Waals surface area contributed by atoms with E-state index in [9.17, 15) is 15.0 Å². The van der Waals surface area contributed by atoms with Crippen LogP contribution in [0.15, 0.2) is 90.1 Å². The first-order valence-electron chi connectivity index (χ1n) is 19.0. The number of rotatable bonds is 18. The van der Waals surface area contributed by atoms with Crippen LogP contribution in [0.2, 0.25) is 0 Å². The molecule has 0 bridgehead atoms. The summed E-state index contributed by atoms with van der Waals surface area (Å²) in [6.07, 6.45) is 21.4. The van der Waals surface area contributed by atoms with Crippen molar-refractivity contribution < 1.29 is 19.6 Å². The third kappa shape index (κ3) is 9.12. The number of fused-ring (bicyclic) bond motifs is 1. The molecule has 0 spiro atoms. The van der Waals surface area contributed by atoms with Crippen molar-refractivity contribution >= 4 is 23.0 Å². The predicted molar refractivity (Wildman–Crippen MR) is 207 cm³/mol. The second-order valence-electron chi connectivity index (χ2n) is 14.2. The summed E-state index contributed by atoms with van der Waals surface area (Å²) in [4.78, 5) is 23.5. The van der Waals surface area contributed by atoms with Gasteiger partial charge in [0, 0.05) is 37.1 Å². The van der Waals surface area contributed by atoms with Crippen molar-refractivity contribution in [2.24, 2.45) is 10.9 Å². The second kappa shape index (κ2) is 17.4. The van der Waals surface area contributed by atoms with Gasteiger partial charge in [-0.05, 0) is 65.1 Å². The van der Waals surface area contributed by atoms with Crippen LogP contribution < -0.4 is 9.88 Å². The summed E-state index contributed by atoms with van der Waals surface area (Å²) in [7, 11) is 1.91. The fourth-order valence-corrected chi connectivity index (χ4v) is 7.42. The number of aromatic nitrogens is 2. The molecule has 0 saturated carbocycles. The molecule has 4 aromatic rings. The first-order valence-corrected chi connectivity index (χ1v) is 19.0. The number of allylic oxidation sites excluding steroid dienone is 2. The third-order valence-corrected chi connectivity index (χ3v) is 10.4. The summed E-state index contributed by atoms with van der Waals surface area (Å²) in [5.41, 5.74) is 7.88. The molecule has 0 amide bonds. The molecule has 1 aliphatic carbocycles. The molecular formula is C44H53N4O3+. The van der Waals surface area contributed by atoms with E-state index in [4.69, 9.17) is 4.98 Å². The molecule has 3 aromatic carbocycles. The number of anilines is 1. The number of carbonyl (C=O) groups excluding carboxylic acids is 1. The monoisotopic (exact) mass is 685 g/mol. The van der Waals surface area contributed by atoms with Gasteiger partial charge in [0.1, 0.15) is 29.1 Å². The van der Waals surface area contributed by atoms with Crippen molar-refractivity contribution in [3.8, 4) is 22.8 Å². The van der Waals surface area contributed by atoms with Crippen molar-refractivity contribution in [1.29, 1.82) is 0 Å². The number of hydrogen-bond donors (Lipinski definition) is 3. The molecule has 2 atom stereocenters. The Labute approximate surface area is 303 Å². The highest BCUT2D eigenvalue weighted by molar-refractivity contribution is 6.31. The molecule has 7 heteroatoms. The number of hydrogen-bond acceptors (Lipinski definition) is 6. The Morgan fingerprint density at radius 2 is 1.31 bits per heavy atom. The molecular weight excluding hydrogens is 633 g/mol.